The Bertz CT molecular complexity index is 1120. The van der Waals surface area contributed by atoms with E-state index < -0.39 is 6.04 Å². The number of carbonyl (C=O) groups is 1. The maximum atomic E-state index is 12.6. The molecular weight excluding hydrogens is 438 g/mol. The summed E-state index contributed by atoms with van der Waals surface area (Å²) in [4.78, 5) is 12.6. The number of anilines is 1. The van der Waals surface area contributed by atoms with E-state index in [1.165, 1.54) is 7.11 Å². The van der Waals surface area contributed by atoms with Crippen molar-refractivity contribution in [1.29, 1.82) is 0 Å². The largest absolute Gasteiger partial charge is 0.495 e. The Morgan fingerprint density at radius 1 is 0.971 bits per heavy atom. The van der Waals surface area contributed by atoms with E-state index in [9.17, 15) is 4.79 Å². The lowest BCUT2D eigenvalue weighted by atomic mass is 10.0. The molecule has 0 radical (unpaired) electrons. The first-order valence-electron chi connectivity index (χ1n) is 10.8. The first-order chi connectivity index (χ1) is 16.3. The second-order valence-electron chi connectivity index (χ2n) is 8.09. The van der Waals surface area contributed by atoms with Crippen molar-refractivity contribution in [2.24, 2.45) is 11.7 Å². The van der Waals surface area contributed by atoms with Crippen LogP contribution in [0.5, 0.6) is 23.0 Å². The topological polar surface area (TPSA) is 134 Å². The Morgan fingerprint density at radius 2 is 1.62 bits per heavy atom. The van der Waals surface area contributed by atoms with Crippen LogP contribution in [-0.2, 0) is 4.79 Å². The highest BCUT2D eigenvalue weighted by atomic mass is 16.5. The predicted octanol–water partition coefficient (Wildman–Crippen LogP) is 3.49. The molecule has 34 heavy (non-hydrogen) atoms. The van der Waals surface area contributed by atoms with Crippen LogP contribution < -0.4 is 30.0 Å². The van der Waals surface area contributed by atoms with Crippen molar-refractivity contribution in [2.75, 3.05) is 33.8 Å². The van der Waals surface area contributed by atoms with Gasteiger partial charge in [0.2, 0.25) is 11.7 Å². The molecule has 1 aromatic heterocycles. The van der Waals surface area contributed by atoms with Crippen molar-refractivity contribution in [3.8, 4) is 45.5 Å². The molecule has 182 valence electrons. The Labute approximate surface area is 198 Å². The number of benzene rings is 2. The minimum Gasteiger partial charge on any atom is -0.495 e. The molecule has 3 aromatic rings. The van der Waals surface area contributed by atoms with Crippen LogP contribution in [0.2, 0.25) is 0 Å². The molecule has 3 rings (SSSR count). The number of hydrogen-bond acceptors (Lipinski definition) is 8. The predicted molar refractivity (Wildman–Crippen MR) is 130 cm³/mol. The van der Waals surface area contributed by atoms with Crippen LogP contribution in [0.25, 0.3) is 22.5 Å². The van der Waals surface area contributed by atoms with Gasteiger partial charge in [-0.25, -0.2) is 0 Å². The number of nitrogens with two attached hydrogens (primary N) is 1. The van der Waals surface area contributed by atoms with Gasteiger partial charge in [-0.1, -0.05) is 19.1 Å². The molecule has 0 aliphatic heterocycles. The monoisotopic (exact) mass is 469 g/mol. The number of hydrogen-bond donors (Lipinski definition) is 3. The summed E-state index contributed by atoms with van der Waals surface area (Å²) in [5.41, 5.74) is 9.20. The Kier molecular flexibility index (Phi) is 7.95. The molecule has 0 fully saturated rings. The Morgan fingerprint density at radius 3 is 2.18 bits per heavy atom. The summed E-state index contributed by atoms with van der Waals surface area (Å²) in [6.45, 7) is 4.04. The number of nitrogens with one attached hydrogen (secondary N) is 2. The Hall–Kier alpha value is -3.79. The molecule has 1 unspecified atom stereocenters. The van der Waals surface area contributed by atoms with Gasteiger partial charge < -0.3 is 30.0 Å². The van der Waals surface area contributed by atoms with Gasteiger partial charge in [-0.15, -0.1) is 5.10 Å². The Balaban J connectivity index is 2.02. The molecule has 10 heteroatoms. The molecule has 0 saturated heterocycles. The van der Waals surface area contributed by atoms with Crippen molar-refractivity contribution in [1.82, 2.24) is 15.4 Å². The van der Waals surface area contributed by atoms with Crippen molar-refractivity contribution in [2.45, 2.75) is 26.3 Å². The molecule has 0 spiro atoms. The number of methoxy groups -OCH3 is 4. The minimum absolute atomic E-state index is 0.281. The van der Waals surface area contributed by atoms with Crippen LogP contribution in [0.15, 0.2) is 30.3 Å². The standard InChI is InChI=1S/C24H31N5O5/c1-13(2)9-16(25)24(30)26-17-10-14(7-8-18(17)31-3)21-22(28-29-27-21)15-11-19(32-4)23(34-6)20(12-15)33-5/h7-8,10-13,16H,9,25H2,1-6H3,(H,26,30)(H,27,28,29). The summed E-state index contributed by atoms with van der Waals surface area (Å²) in [6, 6.07) is 8.35. The fourth-order valence-electron chi connectivity index (χ4n) is 3.65. The first kappa shape index (κ1) is 24.8. The number of H-pyrrole nitrogens is 1. The molecule has 0 bridgehead atoms. The average Bonchev–Trinajstić information content (AvgIpc) is 3.32. The van der Waals surface area contributed by atoms with E-state index in [0.29, 0.717) is 58.0 Å². The quantitative estimate of drug-likeness (QED) is 0.411. The maximum absolute atomic E-state index is 12.6. The SMILES string of the molecule is COc1ccc(-c2[nH]nnc2-c2cc(OC)c(OC)c(OC)c2)cc1NC(=O)C(N)CC(C)C. The smallest absolute Gasteiger partial charge is 0.241 e. The highest BCUT2D eigenvalue weighted by Gasteiger charge is 2.21. The van der Waals surface area contributed by atoms with E-state index in [-0.39, 0.29) is 5.91 Å². The van der Waals surface area contributed by atoms with Crippen LogP contribution in [0.4, 0.5) is 5.69 Å². The third-order valence-electron chi connectivity index (χ3n) is 5.29. The lowest BCUT2D eigenvalue weighted by molar-refractivity contribution is -0.117. The summed E-state index contributed by atoms with van der Waals surface area (Å²) < 4.78 is 21.8. The van der Waals surface area contributed by atoms with Crippen LogP contribution in [0.3, 0.4) is 0 Å². The van der Waals surface area contributed by atoms with Gasteiger partial charge in [0, 0.05) is 11.1 Å². The zero-order chi connectivity index (χ0) is 24.8. The van der Waals surface area contributed by atoms with Gasteiger partial charge in [-0.3, -0.25) is 9.89 Å². The van der Waals surface area contributed by atoms with Crippen molar-refractivity contribution in [3.05, 3.63) is 30.3 Å². The molecule has 2 aromatic carbocycles. The second kappa shape index (κ2) is 10.9. The number of aromatic nitrogens is 3. The summed E-state index contributed by atoms with van der Waals surface area (Å²) in [7, 11) is 6.18. The number of carbonyl (C=O) groups excluding carboxylic acids is 1. The lowest BCUT2D eigenvalue weighted by Gasteiger charge is -2.17. The van der Waals surface area contributed by atoms with E-state index >= 15 is 0 Å². The fourth-order valence-corrected chi connectivity index (χ4v) is 3.65. The number of rotatable bonds is 10. The lowest BCUT2D eigenvalue weighted by Crippen LogP contribution is -2.36. The van der Waals surface area contributed by atoms with Gasteiger partial charge in [0.05, 0.1) is 45.9 Å². The van der Waals surface area contributed by atoms with Gasteiger partial charge in [-0.2, -0.15) is 0 Å². The summed E-state index contributed by atoms with van der Waals surface area (Å²) in [6.07, 6.45) is 0.573. The number of nitrogens with zero attached hydrogens (tertiary/aromatic N) is 2. The summed E-state index contributed by atoms with van der Waals surface area (Å²) in [5, 5.41) is 14.1. The fraction of sp³-hybridized carbons (Fsp3) is 0.375. The molecule has 1 amide bonds. The molecule has 0 aliphatic carbocycles. The summed E-state index contributed by atoms with van der Waals surface area (Å²) in [5.74, 6) is 1.99. The highest BCUT2D eigenvalue weighted by molar-refractivity contribution is 5.97. The van der Waals surface area contributed by atoms with E-state index in [0.717, 1.165) is 5.56 Å². The molecular formula is C24H31N5O5. The van der Waals surface area contributed by atoms with Gasteiger partial charge in [0.15, 0.2) is 11.5 Å². The van der Waals surface area contributed by atoms with E-state index in [1.54, 1.807) is 45.6 Å². The van der Waals surface area contributed by atoms with E-state index in [4.69, 9.17) is 24.7 Å². The zero-order valence-electron chi connectivity index (χ0n) is 20.3. The van der Waals surface area contributed by atoms with Crippen LogP contribution in [-0.4, -0.2) is 55.8 Å². The average molecular weight is 470 g/mol. The van der Waals surface area contributed by atoms with Crippen molar-refractivity contribution < 1.29 is 23.7 Å². The van der Waals surface area contributed by atoms with E-state index in [1.807, 2.05) is 19.9 Å². The number of ether oxygens (including phenoxy) is 4. The summed E-state index contributed by atoms with van der Waals surface area (Å²) >= 11 is 0. The molecule has 0 aliphatic rings. The molecule has 4 N–H and O–H groups in total. The van der Waals surface area contributed by atoms with Gasteiger partial charge in [0.25, 0.3) is 0 Å². The van der Waals surface area contributed by atoms with Gasteiger partial charge >= 0.3 is 0 Å². The third kappa shape index (κ3) is 5.23. The second-order valence-corrected chi connectivity index (χ2v) is 8.09. The third-order valence-corrected chi connectivity index (χ3v) is 5.29. The molecule has 0 saturated carbocycles. The van der Waals surface area contributed by atoms with E-state index in [2.05, 4.69) is 20.7 Å². The number of amides is 1. The molecule has 10 nitrogen and oxygen atoms in total. The van der Waals surface area contributed by atoms with Crippen LogP contribution in [0.1, 0.15) is 20.3 Å². The van der Waals surface area contributed by atoms with Crippen molar-refractivity contribution in [3.63, 3.8) is 0 Å². The molecule has 1 atom stereocenters. The van der Waals surface area contributed by atoms with Crippen LogP contribution >= 0.6 is 0 Å². The maximum Gasteiger partial charge on any atom is 0.241 e. The highest BCUT2D eigenvalue weighted by Crippen LogP contribution is 2.42. The number of aromatic amines is 1. The van der Waals surface area contributed by atoms with Gasteiger partial charge in [-0.05, 0) is 42.7 Å². The molecule has 1 heterocycles. The van der Waals surface area contributed by atoms with Gasteiger partial charge in [0.1, 0.15) is 11.4 Å². The first-order valence-corrected chi connectivity index (χ1v) is 10.8. The van der Waals surface area contributed by atoms with Crippen molar-refractivity contribution >= 4 is 11.6 Å². The zero-order valence-corrected chi connectivity index (χ0v) is 20.3. The minimum atomic E-state index is -0.628. The van der Waals surface area contributed by atoms with Crippen LogP contribution in [0, 0.1) is 5.92 Å². The normalized spacial score (nSPS) is 11.8.